The first-order valence-electron chi connectivity index (χ1n) is 4.39. The van der Waals surface area contributed by atoms with Crippen LogP contribution < -0.4 is 4.74 Å². The lowest BCUT2D eigenvalue weighted by Crippen LogP contribution is -1.85. The van der Waals surface area contributed by atoms with Gasteiger partial charge in [-0.05, 0) is 12.1 Å². The van der Waals surface area contributed by atoms with Crippen LogP contribution in [-0.4, -0.2) is 18.4 Å². The van der Waals surface area contributed by atoms with Crippen molar-refractivity contribution in [3.63, 3.8) is 0 Å². The van der Waals surface area contributed by atoms with E-state index in [0.717, 1.165) is 5.56 Å². The molecule has 0 radical (unpaired) electrons. The fraction of sp³-hybridized carbons (Fsp3) is 0.0909. The van der Waals surface area contributed by atoms with Crippen LogP contribution in [0.5, 0.6) is 5.75 Å². The number of benzene rings is 1. The van der Waals surface area contributed by atoms with E-state index >= 15 is 0 Å². The predicted octanol–water partition coefficient (Wildman–Crippen LogP) is 2.16. The first-order chi connectivity index (χ1) is 7.35. The summed E-state index contributed by atoms with van der Waals surface area (Å²) in [4.78, 5) is 14.2. The zero-order valence-corrected chi connectivity index (χ0v) is 8.14. The van der Waals surface area contributed by atoms with E-state index in [1.807, 2.05) is 24.3 Å². The Morgan fingerprint density at radius 2 is 2.20 bits per heavy atom. The van der Waals surface area contributed by atoms with Crippen molar-refractivity contribution in [1.29, 1.82) is 0 Å². The summed E-state index contributed by atoms with van der Waals surface area (Å²) in [5.74, 6) is 1.27. The molecule has 0 spiro atoms. The number of rotatable bonds is 3. The Morgan fingerprint density at radius 3 is 2.87 bits per heavy atom. The van der Waals surface area contributed by atoms with Gasteiger partial charge in [0.1, 0.15) is 5.75 Å². The SMILES string of the molecule is COc1ccccc1-c1cnc(C=O)o1. The smallest absolute Gasteiger partial charge is 0.260 e. The van der Waals surface area contributed by atoms with Crippen LogP contribution >= 0.6 is 0 Å². The summed E-state index contributed by atoms with van der Waals surface area (Å²) in [5.41, 5.74) is 0.778. The maximum Gasteiger partial charge on any atom is 0.260 e. The van der Waals surface area contributed by atoms with Gasteiger partial charge in [0.25, 0.3) is 5.89 Å². The van der Waals surface area contributed by atoms with Gasteiger partial charge < -0.3 is 9.15 Å². The van der Waals surface area contributed by atoms with Crippen LogP contribution in [-0.2, 0) is 0 Å². The molecule has 76 valence electrons. The second kappa shape index (κ2) is 3.96. The number of aldehydes is 1. The van der Waals surface area contributed by atoms with Crippen molar-refractivity contribution >= 4 is 6.29 Å². The average Bonchev–Trinajstić information content (AvgIpc) is 2.77. The molecule has 0 fully saturated rings. The fourth-order valence-corrected chi connectivity index (χ4v) is 1.31. The third kappa shape index (κ3) is 1.74. The Labute approximate surface area is 86.5 Å². The van der Waals surface area contributed by atoms with E-state index in [0.29, 0.717) is 17.8 Å². The monoisotopic (exact) mass is 203 g/mol. The summed E-state index contributed by atoms with van der Waals surface area (Å²) in [5, 5.41) is 0. The molecular weight excluding hydrogens is 194 g/mol. The number of para-hydroxylation sites is 1. The standard InChI is InChI=1S/C11H9NO3/c1-14-9-5-3-2-4-8(9)10-6-12-11(7-13)15-10/h2-7H,1H3. The molecule has 0 atom stereocenters. The van der Waals surface area contributed by atoms with Gasteiger partial charge in [0.15, 0.2) is 5.76 Å². The van der Waals surface area contributed by atoms with Crippen molar-refractivity contribution < 1.29 is 13.9 Å². The Hall–Kier alpha value is -2.10. The molecule has 0 saturated carbocycles. The maximum atomic E-state index is 10.4. The topological polar surface area (TPSA) is 52.3 Å². The second-order valence-electron chi connectivity index (χ2n) is 2.88. The third-order valence-corrected chi connectivity index (χ3v) is 2.00. The molecule has 2 rings (SSSR count). The van der Waals surface area contributed by atoms with E-state index in [1.165, 1.54) is 6.20 Å². The zero-order chi connectivity index (χ0) is 10.7. The van der Waals surface area contributed by atoms with Gasteiger partial charge in [0.05, 0.1) is 18.9 Å². The molecule has 1 aromatic heterocycles. The number of ether oxygens (including phenoxy) is 1. The van der Waals surface area contributed by atoms with Crippen LogP contribution in [0, 0.1) is 0 Å². The molecule has 1 heterocycles. The van der Waals surface area contributed by atoms with E-state index in [4.69, 9.17) is 9.15 Å². The summed E-state index contributed by atoms with van der Waals surface area (Å²) in [6, 6.07) is 7.38. The summed E-state index contributed by atoms with van der Waals surface area (Å²) < 4.78 is 10.4. The van der Waals surface area contributed by atoms with Crippen LogP contribution in [0.25, 0.3) is 11.3 Å². The number of nitrogens with zero attached hydrogens (tertiary/aromatic N) is 1. The number of aromatic nitrogens is 1. The van der Waals surface area contributed by atoms with Crippen molar-refractivity contribution in [2.45, 2.75) is 0 Å². The quantitative estimate of drug-likeness (QED) is 0.717. The maximum absolute atomic E-state index is 10.4. The van der Waals surface area contributed by atoms with Crippen LogP contribution in [0.1, 0.15) is 10.7 Å². The van der Waals surface area contributed by atoms with E-state index in [1.54, 1.807) is 7.11 Å². The lowest BCUT2D eigenvalue weighted by atomic mass is 10.1. The van der Waals surface area contributed by atoms with Gasteiger partial charge in [-0.3, -0.25) is 4.79 Å². The molecule has 0 N–H and O–H groups in total. The van der Waals surface area contributed by atoms with E-state index in [2.05, 4.69) is 4.98 Å². The van der Waals surface area contributed by atoms with Crippen molar-refractivity contribution in [2.24, 2.45) is 0 Å². The van der Waals surface area contributed by atoms with E-state index < -0.39 is 0 Å². The molecule has 0 aliphatic rings. The normalized spacial score (nSPS) is 9.93. The minimum absolute atomic E-state index is 0.0657. The van der Waals surface area contributed by atoms with Gasteiger partial charge in [-0.25, -0.2) is 4.98 Å². The highest BCUT2D eigenvalue weighted by molar-refractivity contribution is 5.71. The highest BCUT2D eigenvalue weighted by Crippen LogP contribution is 2.29. The van der Waals surface area contributed by atoms with Gasteiger partial charge in [-0.1, -0.05) is 12.1 Å². The van der Waals surface area contributed by atoms with Crippen LogP contribution in [0.15, 0.2) is 34.9 Å². The molecule has 0 unspecified atom stereocenters. The van der Waals surface area contributed by atoms with Crippen LogP contribution in [0.4, 0.5) is 0 Å². The molecule has 0 amide bonds. The largest absolute Gasteiger partial charge is 0.496 e. The molecule has 2 aromatic rings. The Morgan fingerprint density at radius 1 is 1.40 bits per heavy atom. The van der Waals surface area contributed by atoms with Crippen molar-refractivity contribution in [2.75, 3.05) is 7.11 Å². The molecule has 4 heteroatoms. The van der Waals surface area contributed by atoms with Gasteiger partial charge >= 0.3 is 0 Å². The zero-order valence-electron chi connectivity index (χ0n) is 8.14. The number of carbonyl (C=O) groups is 1. The Balaban J connectivity index is 2.48. The number of oxazole rings is 1. The highest BCUT2D eigenvalue weighted by Gasteiger charge is 2.09. The summed E-state index contributed by atoms with van der Waals surface area (Å²) >= 11 is 0. The number of carbonyl (C=O) groups excluding carboxylic acids is 1. The number of hydrogen-bond acceptors (Lipinski definition) is 4. The van der Waals surface area contributed by atoms with E-state index in [-0.39, 0.29) is 5.89 Å². The highest BCUT2D eigenvalue weighted by atomic mass is 16.5. The molecule has 4 nitrogen and oxygen atoms in total. The molecule has 0 saturated heterocycles. The molecule has 15 heavy (non-hydrogen) atoms. The first kappa shape index (κ1) is 9.45. The molecule has 1 aromatic carbocycles. The van der Waals surface area contributed by atoms with Gasteiger partial charge in [0, 0.05) is 0 Å². The Bertz CT molecular complexity index is 476. The van der Waals surface area contributed by atoms with Gasteiger partial charge in [-0.15, -0.1) is 0 Å². The van der Waals surface area contributed by atoms with Gasteiger partial charge in [0.2, 0.25) is 6.29 Å². The van der Waals surface area contributed by atoms with Gasteiger partial charge in [-0.2, -0.15) is 0 Å². The minimum atomic E-state index is 0.0657. The van der Waals surface area contributed by atoms with E-state index in [9.17, 15) is 4.79 Å². The second-order valence-corrected chi connectivity index (χ2v) is 2.88. The lowest BCUT2D eigenvalue weighted by molar-refractivity contribution is 0.109. The molecule has 0 aliphatic carbocycles. The third-order valence-electron chi connectivity index (χ3n) is 2.00. The number of methoxy groups -OCH3 is 1. The fourth-order valence-electron chi connectivity index (χ4n) is 1.31. The van der Waals surface area contributed by atoms with Crippen LogP contribution in [0.3, 0.4) is 0 Å². The van der Waals surface area contributed by atoms with Crippen molar-refractivity contribution in [3.05, 3.63) is 36.4 Å². The molecule has 0 aliphatic heterocycles. The predicted molar refractivity (Wildman–Crippen MR) is 53.9 cm³/mol. The summed E-state index contributed by atoms with van der Waals surface area (Å²) in [6.45, 7) is 0. The Kier molecular flexibility index (Phi) is 2.49. The van der Waals surface area contributed by atoms with Crippen LogP contribution in [0.2, 0.25) is 0 Å². The minimum Gasteiger partial charge on any atom is -0.496 e. The molecular formula is C11H9NO3. The van der Waals surface area contributed by atoms with Crippen molar-refractivity contribution in [1.82, 2.24) is 4.98 Å². The molecule has 0 bridgehead atoms. The average molecular weight is 203 g/mol. The van der Waals surface area contributed by atoms with Crippen molar-refractivity contribution in [3.8, 4) is 17.1 Å². The summed E-state index contributed by atoms with van der Waals surface area (Å²) in [7, 11) is 1.58. The lowest BCUT2D eigenvalue weighted by Gasteiger charge is -2.03. The number of hydrogen-bond donors (Lipinski definition) is 0. The summed E-state index contributed by atoms with van der Waals surface area (Å²) in [6.07, 6.45) is 2.07. The first-order valence-corrected chi connectivity index (χ1v) is 4.39.